The van der Waals surface area contributed by atoms with Crippen LogP contribution in [-0.4, -0.2) is 37.6 Å². The first-order chi connectivity index (χ1) is 15.8. The van der Waals surface area contributed by atoms with Crippen molar-refractivity contribution in [1.29, 1.82) is 0 Å². The molecule has 0 saturated heterocycles. The number of hydrogen-bond donors (Lipinski definition) is 0. The van der Waals surface area contributed by atoms with Gasteiger partial charge in [0.25, 0.3) is 0 Å². The molecule has 7 nitrogen and oxygen atoms in total. The van der Waals surface area contributed by atoms with Gasteiger partial charge in [-0.05, 0) is 36.4 Å². The van der Waals surface area contributed by atoms with Crippen LogP contribution in [0.3, 0.4) is 0 Å². The molecule has 0 fully saturated rings. The zero-order chi connectivity index (χ0) is 25.1. The largest absolute Gasteiger partial charge is 0.523 e. The highest BCUT2D eigenvalue weighted by Crippen LogP contribution is 2.37. The smallest absolute Gasteiger partial charge is 0.496 e. The summed E-state index contributed by atoms with van der Waals surface area (Å²) in [4.78, 5) is 7.48. The van der Waals surface area contributed by atoms with E-state index in [1.807, 2.05) is 0 Å². The summed E-state index contributed by atoms with van der Waals surface area (Å²) in [6.07, 6.45) is 2.21. The zero-order valence-electron chi connectivity index (χ0n) is 17.0. The lowest BCUT2D eigenvalue weighted by Crippen LogP contribution is -2.31. The number of nitrogens with zero attached hydrogens (tertiary/aromatic N) is 2. The lowest BCUT2D eigenvalue weighted by molar-refractivity contribution is -0.0762. The molecule has 0 spiro atoms. The van der Waals surface area contributed by atoms with Crippen LogP contribution in [0.1, 0.15) is 5.69 Å². The lowest BCUT2D eigenvalue weighted by atomic mass is 10.1. The van der Waals surface area contributed by atoms with Crippen molar-refractivity contribution < 1.29 is 48.4 Å². The Bertz CT molecular complexity index is 1270. The molecule has 34 heavy (non-hydrogen) atoms. The third-order valence-corrected chi connectivity index (χ3v) is 5.22. The summed E-state index contributed by atoms with van der Waals surface area (Å²) in [5, 5.41) is 0. The molecule has 0 aliphatic heterocycles. The second-order valence-corrected chi connectivity index (χ2v) is 8.16. The topological polar surface area (TPSA) is 87.6 Å². The Labute approximate surface area is 189 Å². The summed E-state index contributed by atoms with van der Waals surface area (Å²) >= 11 is 0. The molecule has 0 aliphatic rings. The molecule has 0 N–H and O–H groups in total. The number of methoxy groups -OCH3 is 1. The van der Waals surface area contributed by atoms with Crippen molar-refractivity contribution in [3.05, 3.63) is 66.4 Å². The van der Waals surface area contributed by atoms with Crippen LogP contribution >= 0.6 is 0 Å². The average Bonchev–Trinajstić information content (AvgIpc) is 2.78. The van der Waals surface area contributed by atoms with Crippen molar-refractivity contribution >= 4 is 10.1 Å². The molecule has 0 saturated carbocycles. The molecule has 14 heteroatoms. The van der Waals surface area contributed by atoms with Gasteiger partial charge < -0.3 is 9.47 Å². The monoisotopic (exact) mass is 508 g/mol. The first kappa shape index (κ1) is 25.2. The van der Waals surface area contributed by atoms with Gasteiger partial charge in [-0.25, -0.2) is 9.37 Å². The van der Waals surface area contributed by atoms with E-state index in [2.05, 4.69) is 14.2 Å². The van der Waals surface area contributed by atoms with Crippen molar-refractivity contribution in [1.82, 2.24) is 9.97 Å². The predicted molar refractivity (Wildman–Crippen MR) is 105 cm³/mol. The number of hydrogen-bond acceptors (Lipinski definition) is 7. The van der Waals surface area contributed by atoms with Crippen molar-refractivity contribution in [2.24, 2.45) is 0 Å². The molecule has 0 bridgehead atoms. The molecule has 0 unspecified atom stereocenters. The molecule has 3 aromatic rings. The summed E-state index contributed by atoms with van der Waals surface area (Å²) < 4.78 is 114. The van der Waals surface area contributed by atoms with Crippen molar-refractivity contribution in [2.45, 2.75) is 11.4 Å². The van der Waals surface area contributed by atoms with E-state index in [0.29, 0.717) is 11.1 Å². The second kappa shape index (κ2) is 9.46. The highest BCUT2D eigenvalue weighted by molar-refractivity contribution is 7.87. The molecule has 0 atom stereocenters. The standard InChI is InChI=1S/C20H14F6N2O5S/c1-31-16-9-12(21)4-6-14(16)15-3-2-8-27-18(15)33-13-5-7-17(28-10-13)19(22,23)11-32-34(29,30)20(24,25)26/h2-10H,11H2,1H3. The SMILES string of the molecule is COc1cc(F)ccc1-c1cccnc1Oc1ccc(C(F)(F)COS(=O)(=O)C(F)(F)F)nc1. The Morgan fingerprint density at radius 1 is 0.971 bits per heavy atom. The van der Waals surface area contributed by atoms with E-state index in [9.17, 15) is 34.8 Å². The van der Waals surface area contributed by atoms with E-state index in [1.54, 1.807) is 12.1 Å². The average molecular weight is 508 g/mol. The molecule has 2 aromatic heterocycles. The van der Waals surface area contributed by atoms with Gasteiger partial charge in [-0.1, -0.05) is 0 Å². The maximum atomic E-state index is 14.1. The Hall–Kier alpha value is -3.39. The Balaban J connectivity index is 1.81. The summed E-state index contributed by atoms with van der Waals surface area (Å²) in [5.41, 5.74) is -6.11. The van der Waals surface area contributed by atoms with Crippen molar-refractivity contribution in [3.8, 4) is 28.5 Å². The second-order valence-electron chi connectivity index (χ2n) is 6.55. The van der Waals surface area contributed by atoms with Gasteiger partial charge in [-0.15, -0.1) is 0 Å². The number of halogens is 6. The summed E-state index contributed by atoms with van der Waals surface area (Å²) in [5.74, 6) is -4.61. The summed E-state index contributed by atoms with van der Waals surface area (Å²) in [6, 6.07) is 8.66. The van der Waals surface area contributed by atoms with Crippen LogP contribution in [0.2, 0.25) is 0 Å². The molecular weight excluding hydrogens is 494 g/mol. The molecule has 0 radical (unpaired) electrons. The van der Waals surface area contributed by atoms with Gasteiger partial charge in [0.2, 0.25) is 5.88 Å². The quantitative estimate of drug-likeness (QED) is 0.239. The van der Waals surface area contributed by atoms with E-state index < -0.39 is 39.7 Å². The van der Waals surface area contributed by atoms with E-state index in [1.165, 1.54) is 25.4 Å². The summed E-state index contributed by atoms with van der Waals surface area (Å²) in [7, 11) is -4.87. The summed E-state index contributed by atoms with van der Waals surface area (Å²) in [6.45, 7) is -2.10. The van der Waals surface area contributed by atoms with Crippen molar-refractivity contribution in [3.63, 3.8) is 0 Å². The van der Waals surface area contributed by atoms with Crippen LogP contribution in [0.5, 0.6) is 17.4 Å². The van der Waals surface area contributed by atoms with Gasteiger partial charge in [0.15, 0.2) is 0 Å². The lowest BCUT2D eigenvalue weighted by Gasteiger charge is -2.17. The molecular formula is C20H14F6N2O5S. The maximum Gasteiger partial charge on any atom is 0.523 e. The normalized spacial score (nSPS) is 12.4. The maximum absolute atomic E-state index is 14.1. The van der Waals surface area contributed by atoms with Gasteiger partial charge in [-0.2, -0.15) is 30.4 Å². The molecule has 0 amide bonds. The number of pyridine rings is 2. The highest BCUT2D eigenvalue weighted by Gasteiger charge is 2.49. The van der Waals surface area contributed by atoms with Crippen LogP contribution in [0, 0.1) is 5.82 Å². The highest BCUT2D eigenvalue weighted by atomic mass is 32.2. The molecule has 182 valence electrons. The first-order valence-corrected chi connectivity index (χ1v) is 10.5. The number of ether oxygens (including phenoxy) is 2. The minimum absolute atomic E-state index is 0.00618. The van der Waals surface area contributed by atoms with Gasteiger partial charge in [0.05, 0.1) is 13.3 Å². The van der Waals surface area contributed by atoms with Crippen LogP contribution in [-0.2, 0) is 20.2 Å². The minimum Gasteiger partial charge on any atom is -0.496 e. The Kier molecular flexibility index (Phi) is 7.02. The number of alkyl halides is 5. The first-order valence-electron chi connectivity index (χ1n) is 9.11. The minimum atomic E-state index is -6.20. The predicted octanol–water partition coefficient (Wildman–Crippen LogP) is 5.04. The third kappa shape index (κ3) is 5.56. The van der Waals surface area contributed by atoms with Gasteiger partial charge in [0, 0.05) is 23.4 Å². The van der Waals surface area contributed by atoms with Gasteiger partial charge in [-0.3, -0.25) is 9.17 Å². The van der Waals surface area contributed by atoms with Crippen LogP contribution < -0.4 is 9.47 Å². The van der Waals surface area contributed by atoms with Gasteiger partial charge in [0.1, 0.15) is 29.6 Å². The molecule has 1 aromatic carbocycles. The number of rotatable bonds is 8. The van der Waals surface area contributed by atoms with E-state index in [-0.39, 0.29) is 17.4 Å². The third-order valence-electron chi connectivity index (χ3n) is 4.23. The fourth-order valence-electron chi connectivity index (χ4n) is 2.63. The number of aromatic nitrogens is 2. The van der Waals surface area contributed by atoms with Crippen LogP contribution in [0.4, 0.5) is 26.3 Å². The van der Waals surface area contributed by atoms with E-state index >= 15 is 0 Å². The Morgan fingerprint density at radius 2 is 1.71 bits per heavy atom. The van der Waals surface area contributed by atoms with Crippen LogP contribution in [0.25, 0.3) is 11.1 Å². The van der Waals surface area contributed by atoms with Gasteiger partial charge >= 0.3 is 21.5 Å². The van der Waals surface area contributed by atoms with Crippen LogP contribution in [0.15, 0.2) is 54.9 Å². The Morgan fingerprint density at radius 3 is 2.32 bits per heavy atom. The number of benzene rings is 1. The van der Waals surface area contributed by atoms with E-state index in [0.717, 1.165) is 24.4 Å². The van der Waals surface area contributed by atoms with E-state index in [4.69, 9.17) is 9.47 Å². The fraction of sp³-hybridized carbons (Fsp3) is 0.200. The fourth-order valence-corrected chi connectivity index (χ4v) is 3.06. The zero-order valence-corrected chi connectivity index (χ0v) is 17.8. The molecule has 2 heterocycles. The van der Waals surface area contributed by atoms with Crippen molar-refractivity contribution in [2.75, 3.05) is 13.7 Å². The molecule has 3 rings (SSSR count). The molecule has 0 aliphatic carbocycles.